The van der Waals surface area contributed by atoms with Crippen molar-refractivity contribution < 1.29 is 0 Å². The molecule has 0 atom stereocenters. The summed E-state index contributed by atoms with van der Waals surface area (Å²) in [5.41, 5.74) is 5.29. The second kappa shape index (κ2) is 3.78. The van der Waals surface area contributed by atoms with E-state index in [1.807, 2.05) is 6.07 Å². The molecule has 82 valence electrons. The summed E-state index contributed by atoms with van der Waals surface area (Å²) in [7, 11) is 0. The van der Waals surface area contributed by atoms with Crippen molar-refractivity contribution in [3.05, 3.63) is 47.3 Å². The maximum absolute atomic E-state index is 4.74. The molecule has 0 bridgehead atoms. The Morgan fingerprint density at radius 1 is 1.06 bits per heavy atom. The SMILES string of the molecule is Cc1c2c(nn1-c1ccccc1)CCCC2. The van der Waals surface area contributed by atoms with Gasteiger partial charge in [-0.25, -0.2) is 4.68 Å². The molecule has 2 nitrogen and oxygen atoms in total. The highest BCUT2D eigenvalue weighted by Crippen LogP contribution is 2.25. The maximum Gasteiger partial charge on any atom is 0.0663 e. The van der Waals surface area contributed by atoms with Crippen LogP contribution in [0.1, 0.15) is 29.8 Å². The molecule has 0 amide bonds. The Morgan fingerprint density at radius 2 is 1.81 bits per heavy atom. The Labute approximate surface area is 95.9 Å². The first-order chi connectivity index (χ1) is 7.86. The number of hydrogen-bond acceptors (Lipinski definition) is 1. The summed E-state index contributed by atoms with van der Waals surface area (Å²) in [6.45, 7) is 2.18. The van der Waals surface area contributed by atoms with Crippen LogP contribution in [-0.2, 0) is 12.8 Å². The third-order valence-corrected chi connectivity index (χ3v) is 3.41. The van der Waals surface area contributed by atoms with Gasteiger partial charge in [0.2, 0.25) is 0 Å². The van der Waals surface area contributed by atoms with E-state index in [0.717, 1.165) is 6.42 Å². The molecule has 0 N–H and O–H groups in total. The number of para-hydroxylation sites is 1. The zero-order valence-corrected chi connectivity index (χ0v) is 9.61. The van der Waals surface area contributed by atoms with Gasteiger partial charge in [0.1, 0.15) is 0 Å². The fraction of sp³-hybridized carbons (Fsp3) is 0.357. The highest BCUT2D eigenvalue weighted by Gasteiger charge is 2.18. The van der Waals surface area contributed by atoms with E-state index in [1.165, 1.54) is 41.9 Å². The number of hydrogen-bond donors (Lipinski definition) is 0. The summed E-state index contributed by atoms with van der Waals surface area (Å²) >= 11 is 0. The van der Waals surface area contributed by atoms with Crippen LogP contribution in [0.5, 0.6) is 0 Å². The van der Waals surface area contributed by atoms with Gasteiger partial charge in [-0.05, 0) is 50.3 Å². The molecule has 0 unspecified atom stereocenters. The van der Waals surface area contributed by atoms with Crippen molar-refractivity contribution in [1.82, 2.24) is 9.78 Å². The molecule has 16 heavy (non-hydrogen) atoms. The van der Waals surface area contributed by atoms with Crippen LogP contribution in [0.3, 0.4) is 0 Å². The van der Waals surface area contributed by atoms with Crippen LogP contribution in [-0.4, -0.2) is 9.78 Å². The zero-order valence-electron chi connectivity index (χ0n) is 9.61. The van der Waals surface area contributed by atoms with Crippen LogP contribution in [0.15, 0.2) is 30.3 Å². The molecule has 1 aliphatic carbocycles. The number of aryl methyl sites for hydroxylation is 1. The average Bonchev–Trinajstić information content (AvgIpc) is 2.69. The fourth-order valence-electron chi connectivity index (χ4n) is 2.53. The van der Waals surface area contributed by atoms with E-state index in [4.69, 9.17) is 5.10 Å². The molecule has 0 spiro atoms. The molecule has 0 fully saturated rings. The number of fused-ring (bicyclic) bond motifs is 1. The highest BCUT2D eigenvalue weighted by atomic mass is 15.3. The van der Waals surface area contributed by atoms with Crippen molar-refractivity contribution in [2.24, 2.45) is 0 Å². The van der Waals surface area contributed by atoms with Crippen LogP contribution in [0.2, 0.25) is 0 Å². The third-order valence-electron chi connectivity index (χ3n) is 3.41. The van der Waals surface area contributed by atoms with E-state index in [0.29, 0.717) is 0 Å². The van der Waals surface area contributed by atoms with Crippen LogP contribution >= 0.6 is 0 Å². The maximum atomic E-state index is 4.74. The Morgan fingerprint density at radius 3 is 2.56 bits per heavy atom. The standard InChI is InChI=1S/C14H16N2/c1-11-13-9-5-6-10-14(13)15-16(11)12-7-3-2-4-8-12/h2-4,7-8H,5-6,9-10H2,1H3. The second-order valence-corrected chi connectivity index (χ2v) is 4.47. The van der Waals surface area contributed by atoms with E-state index < -0.39 is 0 Å². The largest absolute Gasteiger partial charge is 0.238 e. The van der Waals surface area contributed by atoms with Gasteiger partial charge >= 0.3 is 0 Å². The predicted molar refractivity (Wildman–Crippen MR) is 64.9 cm³/mol. The molecule has 1 aliphatic rings. The lowest BCUT2D eigenvalue weighted by atomic mass is 9.96. The lowest BCUT2D eigenvalue weighted by molar-refractivity contribution is 0.671. The molecule has 0 radical (unpaired) electrons. The Bertz CT molecular complexity index is 497. The van der Waals surface area contributed by atoms with Crippen LogP contribution in [0.4, 0.5) is 0 Å². The molecule has 0 aliphatic heterocycles. The van der Waals surface area contributed by atoms with Crippen molar-refractivity contribution in [1.29, 1.82) is 0 Å². The van der Waals surface area contributed by atoms with Gasteiger partial charge in [-0.2, -0.15) is 5.10 Å². The first-order valence-electron chi connectivity index (χ1n) is 5.99. The molecule has 1 aromatic carbocycles. The summed E-state index contributed by atoms with van der Waals surface area (Å²) in [6.07, 6.45) is 4.95. The molecule has 1 heterocycles. The van der Waals surface area contributed by atoms with Gasteiger partial charge in [-0.15, -0.1) is 0 Å². The highest BCUT2D eigenvalue weighted by molar-refractivity contribution is 5.37. The number of rotatable bonds is 1. The van der Waals surface area contributed by atoms with E-state index in [-0.39, 0.29) is 0 Å². The summed E-state index contributed by atoms with van der Waals surface area (Å²) in [5.74, 6) is 0. The van der Waals surface area contributed by atoms with Gasteiger partial charge in [-0.3, -0.25) is 0 Å². The van der Waals surface area contributed by atoms with Gasteiger partial charge in [0.05, 0.1) is 11.4 Å². The molecule has 3 rings (SSSR count). The monoisotopic (exact) mass is 212 g/mol. The van der Waals surface area contributed by atoms with E-state index in [1.54, 1.807) is 0 Å². The lowest BCUT2D eigenvalue weighted by Gasteiger charge is -2.08. The van der Waals surface area contributed by atoms with Gasteiger partial charge in [0.15, 0.2) is 0 Å². The van der Waals surface area contributed by atoms with Gasteiger partial charge in [0, 0.05) is 5.69 Å². The topological polar surface area (TPSA) is 17.8 Å². The number of nitrogens with zero attached hydrogens (tertiary/aromatic N) is 2. The van der Waals surface area contributed by atoms with E-state index >= 15 is 0 Å². The predicted octanol–water partition coefficient (Wildman–Crippen LogP) is 3.06. The summed E-state index contributed by atoms with van der Waals surface area (Å²) in [5, 5.41) is 4.74. The number of aromatic nitrogens is 2. The van der Waals surface area contributed by atoms with Crippen LogP contribution < -0.4 is 0 Å². The van der Waals surface area contributed by atoms with Gasteiger partial charge in [-0.1, -0.05) is 18.2 Å². The Balaban J connectivity index is 2.12. The average molecular weight is 212 g/mol. The molecule has 0 saturated heterocycles. The summed E-state index contributed by atoms with van der Waals surface area (Å²) < 4.78 is 2.09. The summed E-state index contributed by atoms with van der Waals surface area (Å²) in [4.78, 5) is 0. The second-order valence-electron chi connectivity index (χ2n) is 4.47. The first kappa shape index (κ1) is 9.64. The molecular formula is C14H16N2. The van der Waals surface area contributed by atoms with Crippen molar-refractivity contribution in [3.63, 3.8) is 0 Å². The van der Waals surface area contributed by atoms with Gasteiger partial charge in [0.25, 0.3) is 0 Å². The lowest BCUT2D eigenvalue weighted by Crippen LogP contribution is -2.00. The molecular weight excluding hydrogens is 196 g/mol. The van der Waals surface area contributed by atoms with Gasteiger partial charge < -0.3 is 0 Å². The van der Waals surface area contributed by atoms with Crippen molar-refractivity contribution in [3.8, 4) is 5.69 Å². The minimum Gasteiger partial charge on any atom is -0.238 e. The van der Waals surface area contributed by atoms with Crippen LogP contribution in [0.25, 0.3) is 5.69 Å². The summed E-state index contributed by atoms with van der Waals surface area (Å²) in [6, 6.07) is 10.4. The smallest absolute Gasteiger partial charge is 0.0663 e. The molecule has 2 aromatic rings. The fourth-order valence-corrected chi connectivity index (χ4v) is 2.53. The third kappa shape index (κ3) is 1.45. The molecule has 0 saturated carbocycles. The van der Waals surface area contributed by atoms with Crippen molar-refractivity contribution in [2.75, 3.05) is 0 Å². The Hall–Kier alpha value is -1.57. The first-order valence-corrected chi connectivity index (χ1v) is 5.99. The minimum atomic E-state index is 1.15. The zero-order chi connectivity index (χ0) is 11.0. The minimum absolute atomic E-state index is 1.15. The molecule has 1 aromatic heterocycles. The van der Waals surface area contributed by atoms with E-state index in [9.17, 15) is 0 Å². The molecule has 2 heteroatoms. The van der Waals surface area contributed by atoms with Crippen molar-refractivity contribution in [2.45, 2.75) is 32.6 Å². The van der Waals surface area contributed by atoms with Crippen molar-refractivity contribution >= 4 is 0 Å². The van der Waals surface area contributed by atoms with E-state index in [2.05, 4.69) is 35.9 Å². The Kier molecular flexibility index (Phi) is 2.28. The normalized spacial score (nSPS) is 14.8. The van der Waals surface area contributed by atoms with Crippen LogP contribution in [0, 0.1) is 6.92 Å². The number of benzene rings is 1. The quantitative estimate of drug-likeness (QED) is 0.710.